The van der Waals surface area contributed by atoms with E-state index in [1.54, 1.807) is 7.11 Å². The van der Waals surface area contributed by atoms with Crippen LogP contribution in [-0.4, -0.2) is 50.6 Å². The van der Waals surface area contributed by atoms with Crippen LogP contribution >= 0.6 is 0 Å². The van der Waals surface area contributed by atoms with Crippen molar-refractivity contribution in [2.75, 3.05) is 31.7 Å². The highest BCUT2D eigenvalue weighted by Crippen LogP contribution is 2.23. The molecule has 0 N–H and O–H groups in total. The molecule has 21 heavy (non-hydrogen) atoms. The Morgan fingerprint density at radius 3 is 2.71 bits per heavy atom. The van der Waals surface area contributed by atoms with E-state index in [9.17, 15) is 8.42 Å². The van der Waals surface area contributed by atoms with Crippen molar-refractivity contribution in [2.45, 2.75) is 19.4 Å². The first-order valence-electron chi connectivity index (χ1n) is 7.09. The molecular weight excluding hydrogens is 286 g/mol. The van der Waals surface area contributed by atoms with Gasteiger partial charge < -0.3 is 4.74 Å². The summed E-state index contributed by atoms with van der Waals surface area (Å²) in [4.78, 5) is 2.21. The molecule has 2 rings (SSSR count). The van der Waals surface area contributed by atoms with Crippen LogP contribution < -0.4 is 4.74 Å². The standard InChI is InChI=1S/C16H23NO3S/c1-16(2)13-21(18,19)12-11-17(16)10-6-8-14-7-4-5-9-15(14)20-3/h4-9H,10-13H2,1-3H3/b8-6+. The average molecular weight is 309 g/mol. The average Bonchev–Trinajstić information content (AvgIpc) is 2.40. The van der Waals surface area contributed by atoms with Crippen LogP contribution in [0.25, 0.3) is 6.08 Å². The topological polar surface area (TPSA) is 46.6 Å². The second-order valence-corrected chi connectivity index (χ2v) is 8.18. The van der Waals surface area contributed by atoms with Gasteiger partial charge in [-0.25, -0.2) is 8.42 Å². The third kappa shape index (κ3) is 4.08. The molecule has 1 aromatic rings. The van der Waals surface area contributed by atoms with Gasteiger partial charge in [0.2, 0.25) is 0 Å². The second-order valence-electron chi connectivity index (χ2n) is 5.99. The van der Waals surface area contributed by atoms with E-state index in [-0.39, 0.29) is 17.0 Å². The molecule has 0 spiro atoms. The van der Waals surface area contributed by atoms with Crippen molar-refractivity contribution >= 4 is 15.9 Å². The molecule has 1 aliphatic heterocycles. The van der Waals surface area contributed by atoms with Crippen molar-refractivity contribution in [1.29, 1.82) is 0 Å². The molecule has 0 bridgehead atoms. The lowest BCUT2D eigenvalue weighted by atomic mass is 10.1. The molecular formula is C16H23NO3S. The van der Waals surface area contributed by atoms with Crippen LogP contribution in [-0.2, 0) is 9.84 Å². The summed E-state index contributed by atoms with van der Waals surface area (Å²) in [6.07, 6.45) is 4.09. The number of para-hydroxylation sites is 1. The van der Waals surface area contributed by atoms with Gasteiger partial charge in [-0.1, -0.05) is 30.4 Å². The highest BCUT2D eigenvalue weighted by Gasteiger charge is 2.36. The van der Waals surface area contributed by atoms with Crippen LogP contribution in [0.4, 0.5) is 0 Å². The number of ether oxygens (including phenoxy) is 1. The Balaban J connectivity index is 2.04. The lowest BCUT2D eigenvalue weighted by Gasteiger charge is -2.41. The zero-order chi connectivity index (χ0) is 15.5. The molecule has 0 unspecified atom stereocenters. The van der Waals surface area contributed by atoms with E-state index in [4.69, 9.17) is 4.74 Å². The minimum Gasteiger partial charge on any atom is -0.496 e. The molecule has 0 atom stereocenters. The largest absolute Gasteiger partial charge is 0.496 e. The van der Waals surface area contributed by atoms with Crippen molar-refractivity contribution in [3.63, 3.8) is 0 Å². The summed E-state index contributed by atoms with van der Waals surface area (Å²) in [5.74, 6) is 1.32. The predicted octanol–water partition coefficient (Wildman–Crippen LogP) is 2.22. The molecule has 116 valence electrons. The molecule has 1 heterocycles. The third-order valence-corrected chi connectivity index (χ3v) is 5.81. The molecule has 5 heteroatoms. The maximum absolute atomic E-state index is 11.7. The monoisotopic (exact) mass is 309 g/mol. The Morgan fingerprint density at radius 1 is 1.33 bits per heavy atom. The first-order valence-corrected chi connectivity index (χ1v) is 8.91. The number of hydrogen-bond acceptors (Lipinski definition) is 4. The SMILES string of the molecule is COc1ccccc1/C=C/CN1CCS(=O)(=O)CC1(C)C. The summed E-state index contributed by atoms with van der Waals surface area (Å²) in [6, 6.07) is 7.84. The van der Waals surface area contributed by atoms with Gasteiger partial charge in [0.15, 0.2) is 9.84 Å². The molecule has 1 aliphatic rings. The number of methoxy groups -OCH3 is 1. The summed E-state index contributed by atoms with van der Waals surface area (Å²) in [5.41, 5.74) is 0.713. The summed E-state index contributed by atoms with van der Waals surface area (Å²) >= 11 is 0. The van der Waals surface area contributed by atoms with E-state index < -0.39 is 9.84 Å². The fraction of sp³-hybridized carbons (Fsp3) is 0.500. The smallest absolute Gasteiger partial charge is 0.153 e. The maximum atomic E-state index is 11.7. The van der Waals surface area contributed by atoms with Gasteiger partial charge in [-0.3, -0.25) is 4.90 Å². The fourth-order valence-electron chi connectivity index (χ4n) is 2.70. The lowest BCUT2D eigenvalue weighted by Crippen LogP contribution is -2.55. The zero-order valence-electron chi connectivity index (χ0n) is 12.9. The van der Waals surface area contributed by atoms with Gasteiger partial charge in [0.25, 0.3) is 0 Å². The number of nitrogens with zero attached hydrogens (tertiary/aromatic N) is 1. The summed E-state index contributed by atoms with van der Waals surface area (Å²) in [5, 5.41) is 0. The number of rotatable bonds is 4. The van der Waals surface area contributed by atoms with Crippen molar-refractivity contribution < 1.29 is 13.2 Å². The minimum atomic E-state index is -2.90. The molecule has 0 radical (unpaired) electrons. The Hall–Kier alpha value is -1.33. The number of benzene rings is 1. The highest BCUT2D eigenvalue weighted by atomic mass is 32.2. The van der Waals surface area contributed by atoms with Crippen molar-refractivity contribution in [3.8, 4) is 5.75 Å². The number of sulfone groups is 1. The summed E-state index contributed by atoms with van der Waals surface area (Å²) in [6.45, 7) is 5.30. The van der Waals surface area contributed by atoms with E-state index in [2.05, 4.69) is 11.0 Å². The van der Waals surface area contributed by atoms with Crippen molar-refractivity contribution in [1.82, 2.24) is 4.90 Å². The molecule has 0 aliphatic carbocycles. The molecule has 1 aromatic carbocycles. The molecule has 0 amide bonds. The van der Waals surface area contributed by atoms with E-state index in [1.165, 1.54) is 0 Å². The van der Waals surface area contributed by atoms with E-state index in [0.29, 0.717) is 6.54 Å². The quantitative estimate of drug-likeness (QED) is 0.855. The van der Waals surface area contributed by atoms with Gasteiger partial charge in [0.05, 0.1) is 18.6 Å². The van der Waals surface area contributed by atoms with Gasteiger partial charge in [-0.05, 0) is 19.9 Å². The Kier molecular flexibility index (Phi) is 4.74. The van der Waals surface area contributed by atoms with Crippen LogP contribution in [0.15, 0.2) is 30.3 Å². The second kappa shape index (κ2) is 6.20. The van der Waals surface area contributed by atoms with Crippen LogP contribution in [0.5, 0.6) is 5.75 Å². The first kappa shape index (κ1) is 16.0. The van der Waals surface area contributed by atoms with E-state index in [0.717, 1.165) is 17.9 Å². The molecule has 0 saturated carbocycles. The van der Waals surface area contributed by atoms with Crippen LogP contribution in [0.2, 0.25) is 0 Å². The van der Waals surface area contributed by atoms with Gasteiger partial charge in [0.1, 0.15) is 5.75 Å². The van der Waals surface area contributed by atoms with Crippen LogP contribution in [0.1, 0.15) is 19.4 Å². The first-order chi connectivity index (χ1) is 9.84. The summed E-state index contributed by atoms with van der Waals surface area (Å²) in [7, 11) is -1.24. The van der Waals surface area contributed by atoms with E-state index >= 15 is 0 Å². The maximum Gasteiger partial charge on any atom is 0.153 e. The molecule has 4 nitrogen and oxygen atoms in total. The van der Waals surface area contributed by atoms with Gasteiger partial charge in [-0.2, -0.15) is 0 Å². The zero-order valence-corrected chi connectivity index (χ0v) is 13.7. The highest BCUT2D eigenvalue weighted by molar-refractivity contribution is 7.91. The van der Waals surface area contributed by atoms with Crippen molar-refractivity contribution in [2.24, 2.45) is 0 Å². The van der Waals surface area contributed by atoms with Crippen LogP contribution in [0, 0.1) is 0 Å². The summed E-state index contributed by atoms with van der Waals surface area (Å²) < 4.78 is 28.8. The van der Waals surface area contributed by atoms with Crippen molar-refractivity contribution in [3.05, 3.63) is 35.9 Å². The Morgan fingerprint density at radius 2 is 2.05 bits per heavy atom. The van der Waals surface area contributed by atoms with Gasteiger partial charge >= 0.3 is 0 Å². The van der Waals surface area contributed by atoms with Gasteiger partial charge in [0, 0.05) is 24.2 Å². The number of hydrogen-bond donors (Lipinski definition) is 0. The third-order valence-electron chi connectivity index (χ3n) is 3.86. The van der Waals surface area contributed by atoms with Gasteiger partial charge in [-0.15, -0.1) is 0 Å². The Bertz CT molecular complexity index is 620. The Labute approximate surface area is 127 Å². The molecule has 1 saturated heterocycles. The van der Waals surface area contributed by atoms with E-state index in [1.807, 2.05) is 44.2 Å². The lowest BCUT2D eigenvalue weighted by molar-refractivity contribution is 0.158. The minimum absolute atomic E-state index is 0.225. The predicted molar refractivity (Wildman–Crippen MR) is 86.3 cm³/mol. The fourth-order valence-corrected chi connectivity index (χ4v) is 4.60. The van der Waals surface area contributed by atoms with Crippen LogP contribution in [0.3, 0.4) is 0 Å². The molecule has 0 aromatic heterocycles. The normalized spacial score (nSPS) is 21.5. The molecule has 1 fully saturated rings.